The topological polar surface area (TPSA) is 43.4 Å². The predicted octanol–water partition coefficient (Wildman–Crippen LogP) is 1.89. The van der Waals surface area contributed by atoms with E-state index in [9.17, 15) is 14.0 Å². The van der Waals surface area contributed by atoms with E-state index in [0.717, 1.165) is 0 Å². The highest BCUT2D eigenvalue weighted by atomic mass is 19.1. The van der Waals surface area contributed by atoms with Crippen molar-refractivity contribution in [3.05, 3.63) is 0 Å². The number of hydrogen-bond acceptors (Lipinski definition) is 3. The van der Waals surface area contributed by atoms with Crippen molar-refractivity contribution in [1.82, 2.24) is 0 Å². The third-order valence-electron chi connectivity index (χ3n) is 1.55. The molecule has 4 heteroatoms. The van der Waals surface area contributed by atoms with Gasteiger partial charge in [-0.25, -0.2) is 9.18 Å². The van der Waals surface area contributed by atoms with E-state index >= 15 is 0 Å². The molecular weight excluding hydrogens is 187 g/mol. The number of ketones is 1. The van der Waals surface area contributed by atoms with E-state index in [1.165, 1.54) is 0 Å². The number of hydrogen-bond donors (Lipinski definition) is 0. The number of carbonyl (C=O) groups is 2. The zero-order valence-electron chi connectivity index (χ0n) is 8.88. The van der Waals surface area contributed by atoms with E-state index in [1.807, 2.05) is 0 Å². The number of ether oxygens (including phenoxy) is 1. The predicted molar refractivity (Wildman–Crippen MR) is 50.6 cm³/mol. The van der Waals surface area contributed by atoms with Crippen molar-refractivity contribution >= 4 is 11.8 Å². The summed E-state index contributed by atoms with van der Waals surface area (Å²) >= 11 is 0. The molecule has 0 aliphatic heterocycles. The molecule has 0 heterocycles. The van der Waals surface area contributed by atoms with Crippen LogP contribution in [0, 0.1) is 5.92 Å². The van der Waals surface area contributed by atoms with Gasteiger partial charge in [-0.1, -0.05) is 20.8 Å². The summed E-state index contributed by atoms with van der Waals surface area (Å²) in [5.74, 6) is -1.70. The first-order valence-corrected chi connectivity index (χ1v) is 4.82. The molecule has 0 aromatic heterocycles. The van der Waals surface area contributed by atoms with E-state index in [0.29, 0.717) is 6.42 Å². The van der Waals surface area contributed by atoms with Crippen LogP contribution in [-0.4, -0.2) is 24.5 Å². The first kappa shape index (κ1) is 13.1. The van der Waals surface area contributed by atoms with Crippen LogP contribution in [0.2, 0.25) is 0 Å². The molecule has 14 heavy (non-hydrogen) atoms. The third kappa shape index (κ3) is 4.94. The molecule has 0 amide bonds. The lowest BCUT2D eigenvalue weighted by Crippen LogP contribution is -2.28. The number of alkyl halides is 1. The standard InChI is InChI=1S/C10H17FO3/c1-4-5-14-10(13)9(11)8(12)6-7(2)3/h7,9H,4-6H2,1-3H3. The Morgan fingerprint density at radius 3 is 2.36 bits per heavy atom. The second-order valence-electron chi connectivity index (χ2n) is 3.59. The van der Waals surface area contributed by atoms with Crippen LogP contribution >= 0.6 is 0 Å². The van der Waals surface area contributed by atoms with E-state index in [1.54, 1.807) is 20.8 Å². The van der Waals surface area contributed by atoms with Crippen LogP contribution in [0.4, 0.5) is 4.39 Å². The molecule has 0 saturated carbocycles. The SMILES string of the molecule is CCCOC(=O)C(F)C(=O)CC(C)C. The Balaban J connectivity index is 3.97. The van der Waals surface area contributed by atoms with Gasteiger partial charge in [-0.2, -0.15) is 0 Å². The molecule has 0 aromatic carbocycles. The van der Waals surface area contributed by atoms with Crippen molar-refractivity contribution < 1.29 is 18.7 Å². The van der Waals surface area contributed by atoms with Crippen LogP contribution in [0.3, 0.4) is 0 Å². The zero-order chi connectivity index (χ0) is 11.1. The van der Waals surface area contributed by atoms with Crippen LogP contribution in [-0.2, 0) is 14.3 Å². The molecule has 1 atom stereocenters. The van der Waals surface area contributed by atoms with Crippen LogP contribution in [0.1, 0.15) is 33.6 Å². The Kier molecular flexibility index (Phi) is 6.08. The molecule has 0 fully saturated rings. The number of Topliss-reactive ketones (excluding diaryl/α,β-unsaturated/α-hetero) is 1. The lowest BCUT2D eigenvalue weighted by atomic mass is 10.0. The van der Waals surface area contributed by atoms with Gasteiger partial charge in [0.25, 0.3) is 6.17 Å². The van der Waals surface area contributed by atoms with Crippen molar-refractivity contribution in [3.63, 3.8) is 0 Å². The summed E-state index contributed by atoms with van der Waals surface area (Å²) in [6.07, 6.45) is -1.41. The lowest BCUT2D eigenvalue weighted by molar-refractivity contribution is -0.153. The lowest BCUT2D eigenvalue weighted by Gasteiger charge is -2.08. The van der Waals surface area contributed by atoms with Gasteiger partial charge in [-0.3, -0.25) is 4.79 Å². The van der Waals surface area contributed by atoms with Crippen LogP contribution in [0.25, 0.3) is 0 Å². The van der Waals surface area contributed by atoms with E-state index in [2.05, 4.69) is 4.74 Å². The van der Waals surface area contributed by atoms with Gasteiger partial charge in [0.15, 0.2) is 5.78 Å². The fourth-order valence-corrected chi connectivity index (χ4v) is 0.913. The molecule has 0 radical (unpaired) electrons. The summed E-state index contributed by atoms with van der Waals surface area (Å²) in [6.45, 7) is 5.55. The minimum atomic E-state index is -2.11. The van der Waals surface area contributed by atoms with E-state index in [4.69, 9.17) is 0 Å². The summed E-state index contributed by atoms with van der Waals surface area (Å²) in [6, 6.07) is 0. The van der Waals surface area contributed by atoms with Gasteiger partial charge in [-0.05, 0) is 12.3 Å². The maximum absolute atomic E-state index is 13.0. The minimum Gasteiger partial charge on any atom is -0.463 e. The van der Waals surface area contributed by atoms with Crippen LogP contribution in [0.5, 0.6) is 0 Å². The Morgan fingerprint density at radius 2 is 1.93 bits per heavy atom. The Labute approximate surface area is 83.6 Å². The minimum absolute atomic E-state index is 0.0553. The van der Waals surface area contributed by atoms with Crippen molar-refractivity contribution in [2.24, 2.45) is 5.92 Å². The molecule has 82 valence electrons. The molecule has 0 aliphatic rings. The van der Waals surface area contributed by atoms with Gasteiger partial charge in [0.1, 0.15) is 0 Å². The third-order valence-corrected chi connectivity index (χ3v) is 1.55. The fraction of sp³-hybridized carbons (Fsp3) is 0.800. The molecule has 3 nitrogen and oxygen atoms in total. The second-order valence-corrected chi connectivity index (χ2v) is 3.59. The molecule has 0 aliphatic carbocycles. The highest BCUT2D eigenvalue weighted by Gasteiger charge is 2.27. The van der Waals surface area contributed by atoms with E-state index in [-0.39, 0.29) is 18.9 Å². The maximum atomic E-state index is 13.0. The zero-order valence-corrected chi connectivity index (χ0v) is 8.88. The van der Waals surface area contributed by atoms with Crippen LogP contribution in [0.15, 0.2) is 0 Å². The van der Waals surface area contributed by atoms with Gasteiger partial charge < -0.3 is 4.74 Å². The second kappa shape index (κ2) is 6.51. The summed E-state index contributed by atoms with van der Waals surface area (Å²) in [7, 11) is 0. The van der Waals surface area contributed by atoms with Crippen molar-refractivity contribution in [1.29, 1.82) is 0 Å². The van der Waals surface area contributed by atoms with Crippen molar-refractivity contribution in [2.45, 2.75) is 39.8 Å². The molecule has 0 spiro atoms. The first-order valence-electron chi connectivity index (χ1n) is 4.82. The molecule has 0 N–H and O–H groups in total. The van der Waals surface area contributed by atoms with Gasteiger partial charge in [-0.15, -0.1) is 0 Å². The van der Waals surface area contributed by atoms with Crippen LogP contribution < -0.4 is 0 Å². The Bertz CT molecular complexity index is 202. The highest BCUT2D eigenvalue weighted by Crippen LogP contribution is 2.07. The fourth-order valence-electron chi connectivity index (χ4n) is 0.913. The Hall–Kier alpha value is -0.930. The van der Waals surface area contributed by atoms with Crippen molar-refractivity contribution in [2.75, 3.05) is 6.61 Å². The highest BCUT2D eigenvalue weighted by molar-refractivity contribution is 6.01. The van der Waals surface area contributed by atoms with Gasteiger partial charge in [0.05, 0.1) is 6.61 Å². The normalized spacial score (nSPS) is 12.6. The number of esters is 1. The van der Waals surface area contributed by atoms with Gasteiger partial charge in [0, 0.05) is 6.42 Å². The summed E-state index contributed by atoms with van der Waals surface area (Å²) < 4.78 is 17.6. The quantitative estimate of drug-likeness (QED) is 0.490. The molecule has 0 aromatic rings. The number of rotatable bonds is 6. The number of carbonyl (C=O) groups excluding carboxylic acids is 2. The summed E-state index contributed by atoms with van der Waals surface area (Å²) in [4.78, 5) is 22.0. The molecule has 0 rings (SSSR count). The van der Waals surface area contributed by atoms with E-state index < -0.39 is 17.9 Å². The average Bonchev–Trinajstić information content (AvgIpc) is 2.11. The number of halogens is 1. The molecule has 0 bridgehead atoms. The van der Waals surface area contributed by atoms with Gasteiger partial charge >= 0.3 is 5.97 Å². The molecular formula is C10H17FO3. The maximum Gasteiger partial charge on any atom is 0.348 e. The molecule has 1 unspecified atom stereocenters. The average molecular weight is 204 g/mol. The largest absolute Gasteiger partial charge is 0.463 e. The monoisotopic (exact) mass is 204 g/mol. The first-order chi connectivity index (χ1) is 6.49. The molecule has 0 saturated heterocycles. The summed E-state index contributed by atoms with van der Waals surface area (Å²) in [5.41, 5.74) is 0. The smallest absolute Gasteiger partial charge is 0.348 e. The van der Waals surface area contributed by atoms with Crippen molar-refractivity contribution in [3.8, 4) is 0 Å². The summed E-state index contributed by atoms with van der Waals surface area (Å²) in [5, 5.41) is 0. The Morgan fingerprint density at radius 1 is 1.36 bits per heavy atom. The van der Waals surface area contributed by atoms with Gasteiger partial charge in [0.2, 0.25) is 0 Å².